The van der Waals surface area contributed by atoms with Gasteiger partial charge in [-0.25, -0.2) is 0 Å². The van der Waals surface area contributed by atoms with Crippen LogP contribution in [0.2, 0.25) is 0 Å². The third-order valence-corrected chi connectivity index (χ3v) is 4.93. The summed E-state index contributed by atoms with van der Waals surface area (Å²) in [6.45, 7) is 5.14. The van der Waals surface area contributed by atoms with Crippen molar-refractivity contribution in [3.63, 3.8) is 0 Å². The highest BCUT2D eigenvalue weighted by atomic mass is 32.1. The van der Waals surface area contributed by atoms with Gasteiger partial charge in [-0.1, -0.05) is 13.8 Å². The molecule has 2 N–H and O–H groups in total. The van der Waals surface area contributed by atoms with Crippen molar-refractivity contribution in [3.8, 4) is 0 Å². The number of aliphatic hydroxyl groups is 1. The van der Waals surface area contributed by atoms with E-state index in [2.05, 4.69) is 12.2 Å². The molecule has 1 amide bonds. The lowest BCUT2D eigenvalue weighted by atomic mass is 9.88. The number of amides is 1. The Morgan fingerprint density at radius 1 is 1.63 bits per heavy atom. The third-order valence-electron chi connectivity index (χ3n) is 3.88. The van der Waals surface area contributed by atoms with Crippen LogP contribution in [0.25, 0.3) is 0 Å². The molecule has 0 aliphatic heterocycles. The molecule has 0 saturated heterocycles. The molecule has 1 aromatic heterocycles. The Bertz CT molecular complexity index is 441. The molecule has 0 bridgehead atoms. The molecule has 2 rings (SSSR count). The lowest BCUT2D eigenvalue weighted by molar-refractivity contribution is 0.0944. The summed E-state index contributed by atoms with van der Waals surface area (Å²) in [6.07, 6.45) is 4.08. The van der Waals surface area contributed by atoms with Crippen LogP contribution in [0, 0.1) is 11.8 Å². The normalized spacial score (nSPS) is 19.8. The maximum absolute atomic E-state index is 12.2. The Balaban J connectivity index is 1.97. The van der Waals surface area contributed by atoms with Crippen molar-refractivity contribution >= 4 is 17.2 Å². The monoisotopic (exact) mass is 281 g/mol. The van der Waals surface area contributed by atoms with E-state index in [1.165, 1.54) is 16.9 Å². The number of carbonyl (C=O) groups excluding carboxylic acids is 1. The van der Waals surface area contributed by atoms with Crippen LogP contribution in [0.3, 0.4) is 0 Å². The summed E-state index contributed by atoms with van der Waals surface area (Å²) < 4.78 is 0. The van der Waals surface area contributed by atoms with E-state index in [0.717, 1.165) is 30.7 Å². The predicted octanol–water partition coefficient (Wildman–Crippen LogP) is 2.62. The summed E-state index contributed by atoms with van der Waals surface area (Å²) in [6, 6.07) is 0. The Kier molecular flexibility index (Phi) is 4.99. The zero-order chi connectivity index (χ0) is 13.8. The number of thiophene rings is 1. The molecule has 2 unspecified atom stereocenters. The van der Waals surface area contributed by atoms with Crippen molar-refractivity contribution in [2.24, 2.45) is 11.8 Å². The fourth-order valence-corrected chi connectivity index (χ4v) is 3.80. The topological polar surface area (TPSA) is 49.3 Å². The second-order valence-corrected chi connectivity index (χ2v) is 6.69. The third kappa shape index (κ3) is 3.57. The van der Waals surface area contributed by atoms with Crippen molar-refractivity contribution in [1.29, 1.82) is 0 Å². The first-order chi connectivity index (χ1) is 9.11. The van der Waals surface area contributed by atoms with E-state index >= 15 is 0 Å². The largest absolute Gasteiger partial charge is 0.396 e. The number of hydrogen-bond donors (Lipinski definition) is 2. The standard InChI is InChI=1S/C15H23NO2S/c1-10-3-4-12-13(9-19-14(12)7-10)15(18)16-8-11(2)5-6-17/h9-11,17H,3-8H2,1-2H3,(H,16,18). The summed E-state index contributed by atoms with van der Waals surface area (Å²) in [5, 5.41) is 13.9. The second-order valence-electron chi connectivity index (χ2n) is 5.73. The number of rotatable bonds is 5. The first kappa shape index (κ1) is 14.5. The molecule has 2 atom stereocenters. The van der Waals surface area contributed by atoms with Crippen LogP contribution in [0.15, 0.2) is 5.38 Å². The van der Waals surface area contributed by atoms with E-state index in [-0.39, 0.29) is 12.5 Å². The van der Waals surface area contributed by atoms with Gasteiger partial charge in [0.2, 0.25) is 0 Å². The quantitative estimate of drug-likeness (QED) is 0.871. The Labute approximate surface area is 119 Å². The molecular formula is C15H23NO2S. The summed E-state index contributed by atoms with van der Waals surface area (Å²) in [7, 11) is 0. The SMILES string of the molecule is CC(CCO)CNC(=O)c1csc2c1CCC(C)C2. The molecule has 0 spiro atoms. The number of aliphatic hydroxyl groups excluding tert-OH is 1. The summed E-state index contributed by atoms with van der Waals surface area (Å²) in [4.78, 5) is 13.6. The van der Waals surface area contributed by atoms with Gasteiger partial charge >= 0.3 is 0 Å². The Morgan fingerprint density at radius 3 is 3.16 bits per heavy atom. The first-order valence-corrected chi connectivity index (χ1v) is 7.98. The molecule has 106 valence electrons. The van der Waals surface area contributed by atoms with E-state index < -0.39 is 0 Å². The van der Waals surface area contributed by atoms with E-state index in [9.17, 15) is 4.79 Å². The molecule has 0 saturated carbocycles. The van der Waals surface area contributed by atoms with Crippen molar-refractivity contribution < 1.29 is 9.90 Å². The van der Waals surface area contributed by atoms with Gasteiger partial charge in [-0.2, -0.15) is 0 Å². The van der Waals surface area contributed by atoms with Crippen LogP contribution >= 0.6 is 11.3 Å². The summed E-state index contributed by atoms with van der Waals surface area (Å²) in [5.74, 6) is 1.12. The average Bonchev–Trinajstić information content (AvgIpc) is 2.79. The van der Waals surface area contributed by atoms with Gasteiger partial charge in [-0.05, 0) is 43.1 Å². The lowest BCUT2D eigenvalue weighted by Gasteiger charge is -2.19. The van der Waals surface area contributed by atoms with Crippen LogP contribution in [-0.4, -0.2) is 24.2 Å². The highest BCUT2D eigenvalue weighted by molar-refractivity contribution is 7.10. The van der Waals surface area contributed by atoms with Gasteiger partial charge in [-0.15, -0.1) is 11.3 Å². The number of nitrogens with one attached hydrogen (secondary N) is 1. The van der Waals surface area contributed by atoms with Gasteiger partial charge in [0.15, 0.2) is 0 Å². The molecule has 0 radical (unpaired) electrons. The summed E-state index contributed by atoms with van der Waals surface area (Å²) in [5.41, 5.74) is 2.15. The molecule has 1 heterocycles. The van der Waals surface area contributed by atoms with Crippen molar-refractivity contribution in [2.45, 2.75) is 39.5 Å². The average molecular weight is 281 g/mol. The second kappa shape index (κ2) is 6.53. The maximum atomic E-state index is 12.2. The minimum atomic E-state index is 0.0526. The smallest absolute Gasteiger partial charge is 0.252 e. The van der Waals surface area contributed by atoms with Crippen molar-refractivity contribution in [3.05, 3.63) is 21.4 Å². The van der Waals surface area contributed by atoms with Gasteiger partial charge in [0, 0.05) is 23.4 Å². The van der Waals surface area contributed by atoms with Crippen molar-refractivity contribution in [1.82, 2.24) is 5.32 Å². The number of carbonyl (C=O) groups is 1. The van der Waals surface area contributed by atoms with Gasteiger partial charge in [0.1, 0.15) is 0 Å². The highest BCUT2D eigenvalue weighted by Crippen LogP contribution is 2.32. The first-order valence-electron chi connectivity index (χ1n) is 7.10. The minimum absolute atomic E-state index is 0.0526. The van der Waals surface area contributed by atoms with Gasteiger partial charge in [0.05, 0.1) is 5.56 Å². The molecule has 19 heavy (non-hydrogen) atoms. The number of fused-ring (bicyclic) bond motifs is 1. The molecule has 1 aliphatic carbocycles. The number of hydrogen-bond acceptors (Lipinski definition) is 3. The van der Waals surface area contributed by atoms with Gasteiger partial charge in [0.25, 0.3) is 5.91 Å². The van der Waals surface area contributed by atoms with E-state index in [0.29, 0.717) is 12.5 Å². The van der Waals surface area contributed by atoms with Crippen molar-refractivity contribution in [2.75, 3.05) is 13.2 Å². The molecular weight excluding hydrogens is 258 g/mol. The van der Waals surface area contributed by atoms with Crippen LogP contribution in [0.1, 0.15) is 47.5 Å². The lowest BCUT2D eigenvalue weighted by Crippen LogP contribution is -2.29. The minimum Gasteiger partial charge on any atom is -0.396 e. The zero-order valence-corrected chi connectivity index (χ0v) is 12.6. The predicted molar refractivity (Wildman–Crippen MR) is 78.7 cm³/mol. The van der Waals surface area contributed by atoms with Gasteiger partial charge in [-0.3, -0.25) is 4.79 Å². The van der Waals surface area contributed by atoms with Crippen LogP contribution in [-0.2, 0) is 12.8 Å². The molecule has 4 heteroatoms. The Morgan fingerprint density at radius 2 is 2.42 bits per heavy atom. The molecule has 0 fully saturated rings. The molecule has 0 aromatic carbocycles. The molecule has 3 nitrogen and oxygen atoms in total. The maximum Gasteiger partial charge on any atom is 0.252 e. The van der Waals surface area contributed by atoms with E-state index in [4.69, 9.17) is 5.11 Å². The molecule has 1 aromatic rings. The zero-order valence-electron chi connectivity index (χ0n) is 11.7. The van der Waals surface area contributed by atoms with E-state index in [1.54, 1.807) is 11.3 Å². The highest BCUT2D eigenvalue weighted by Gasteiger charge is 2.23. The van der Waals surface area contributed by atoms with Crippen LogP contribution in [0.5, 0.6) is 0 Å². The summed E-state index contributed by atoms with van der Waals surface area (Å²) >= 11 is 1.73. The van der Waals surface area contributed by atoms with E-state index in [1.807, 2.05) is 12.3 Å². The fraction of sp³-hybridized carbons (Fsp3) is 0.667. The molecule has 1 aliphatic rings. The van der Waals surface area contributed by atoms with Crippen LogP contribution in [0.4, 0.5) is 0 Å². The Hall–Kier alpha value is -0.870. The van der Waals surface area contributed by atoms with Crippen LogP contribution < -0.4 is 5.32 Å². The fourth-order valence-electron chi connectivity index (χ4n) is 2.55. The van der Waals surface area contributed by atoms with Gasteiger partial charge < -0.3 is 10.4 Å².